The van der Waals surface area contributed by atoms with Crippen molar-refractivity contribution in [2.45, 2.75) is 18.6 Å². The van der Waals surface area contributed by atoms with Gasteiger partial charge in [0.25, 0.3) is 0 Å². The molecule has 2 rings (SSSR count). The summed E-state index contributed by atoms with van der Waals surface area (Å²) in [5, 5.41) is 9.16. The van der Waals surface area contributed by atoms with E-state index in [1.165, 1.54) is 0 Å². The van der Waals surface area contributed by atoms with E-state index < -0.39 is 0 Å². The second-order valence-electron chi connectivity index (χ2n) is 4.84. The van der Waals surface area contributed by atoms with Crippen LogP contribution in [0.1, 0.15) is 18.5 Å². The number of amides is 1. The van der Waals surface area contributed by atoms with Gasteiger partial charge in [-0.15, -0.1) is 11.8 Å². The first-order chi connectivity index (χ1) is 9.29. The monoisotopic (exact) mass is 280 g/mol. The molecule has 1 aromatic heterocycles. The highest BCUT2D eigenvalue weighted by molar-refractivity contribution is 7.99. The molecule has 19 heavy (non-hydrogen) atoms. The van der Waals surface area contributed by atoms with E-state index in [9.17, 15) is 4.79 Å². The number of hydrogen-bond donors (Lipinski definition) is 1. The average molecular weight is 280 g/mol. The number of pyridine rings is 1. The summed E-state index contributed by atoms with van der Waals surface area (Å²) in [6.45, 7) is 1.73. The number of carbonyl (C=O) groups excluding carboxylic acids is 1. The number of nitrogens with zero attached hydrogens (tertiary/aromatic N) is 2. The van der Waals surface area contributed by atoms with E-state index in [2.05, 4.69) is 4.98 Å². The Balaban J connectivity index is 1.72. The Morgan fingerprint density at radius 3 is 3.16 bits per heavy atom. The number of piperidine rings is 1. The van der Waals surface area contributed by atoms with Crippen LogP contribution in [-0.2, 0) is 10.5 Å². The molecule has 1 aromatic rings. The van der Waals surface area contributed by atoms with E-state index in [1.807, 2.05) is 23.1 Å². The third kappa shape index (κ3) is 4.51. The molecule has 0 aromatic carbocycles. The zero-order valence-corrected chi connectivity index (χ0v) is 11.8. The third-order valence-electron chi connectivity index (χ3n) is 3.33. The van der Waals surface area contributed by atoms with Gasteiger partial charge in [-0.1, -0.05) is 6.07 Å². The average Bonchev–Trinajstić information content (AvgIpc) is 2.48. The molecule has 1 saturated heterocycles. The van der Waals surface area contributed by atoms with Gasteiger partial charge in [0.15, 0.2) is 0 Å². The van der Waals surface area contributed by atoms with E-state index in [0.29, 0.717) is 12.3 Å². The molecule has 1 amide bonds. The third-order valence-corrected chi connectivity index (χ3v) is 4.28. The summed E-state index contributed by atoms with van der Waals surface area (Å²) < 4.78 is 0. The van der Waals surface area contributed by atoms with Crippen LogP contribution < -0.4 is 0 Å². The summed E-state index contributed by atoms with van der Waals surface area (Å²) in [4.78, 5) is 18.2. The van der Waals surface area contributed by atoms with Crippen LogP contribution in [0.2, 0.25) is 0 Å². The lowest BCUT2D eigenvalue weighted by atomic mass is 9.99. The minimum Gasteiger partial charge on any atom is -0.396 e. The second-order valence-corrected chi connectivity index (χ2v) is 5.83. The van der Waals surface area contributed by atoms with E-state index in [0.717, 1.165) is 30.8 Å². The minimum atomic E-state index is 0.180. The molecule has 5 heteroatoms. The highest BCUT2D eigenvalue weighted by Crippen LogP contribution is 2.17. The molecule has 1 aliphatic heterocycles. The lowest BCUT2D eigenvalue weighted by Crippen LogP contribution is -2.41. The summed E-state index contributed by atoms with van der Waals surface area (Å²) >= 11 is 1.60. The second kappa shape index (κ2) is 7.50. The Morgan fingerprint density at radius 1 is 1.53 bits per heavy atom. The fourth-order valence-electron chi connectivity index (χ4n) is 2.26. The fourth-order valence-corrected chi connectivity index (χ4v) is 3.10. The van der Waals surface area contributed by atoms with Crippen LogP contribution in [0.5, 0.6) is 0 Å². The highest BCUT2D eigenvalue weighted by Gasteiger charge is 2.22. The smallest absolute Gasteiger partial charge is 0.232 e. The number of hydrogen-bond acceptors (Lipinski definition) is 4. The summed E-state index contributed by atoms with van der Waals surface area (Å²) in [6, 6.07) is 5.82. The molecule has 1 unspecified atom stereocenters. The van der Waals surface area contributed by atoms with Crippen molar-refractivity contribution in [3.05, 3.63) is 30.1 Å². The van der Waals surface area contributed by atoms with Crippen LogP contribution in [0.3, 0.4) is 0 Å². The summed E-state index contributed by atoms with van der Waals surface area (Å²) in [6.07, 6.45) is 3.80. The van der Waals surface area contributed by atoms with Crippen molar-refractivity contribution in [2.75, 3.05) is 25.4 Å². The van der Waals surface area contributed by atoms with Gasteiger partial charge in [-0.2, -0.15) is 0 Å². The molecular formula is C14H20N2O2S. The number of aromatic nitrogens is 1. The van der Waals surface area contributed by atoms with Crippen molar-refractivity contribution in [1.29, 1.82) is 0 Å². The van der Waals surface area contributed by atoms with Crippen LogP contribution >= 0.6 is 11.8 Å². The number of rotatable bonds is 5. The highest BCUT2D eigenvalue weighted by atomic mass is 32.2. The molecule has 0 radical (unpaired) electrons. The standard InChI is InChI=1S/C14H20N2O2S/c17-9-12-4-3-7-16(8-12)14(18)11-19-10-13-5-1-2-6-15-13/h1-2,5-6,12,17H,3-4,7-11H2. The van der Waals surface area contributed by atoms with Crippen LogP contribution in [-0.4, -0.2) is 46.3 Å². The zero-order chi connectivity index (χ0) is 13.5. The first-order valence-electron chi connectivity index (χ1n) is 6.66. The Bertz CT molecular complexity index is 400. The lowest BCUT2D eigenvalue weighted by Gasteiger charge is -2.31. The molecule has 2 heterocycles. The van der Waals surface area contributed by atoms with Gasteiger partial charge in [0.05, 0.1) is 11.4 Å². The molecule has 4 nitrogen and oxygen atoms in total. The van der Waals surface area contributed by atoms with Crippen molar-refractivity contribution in [3.63, 3.8) is 0 Å². The molecule has 1 aliphatic rings. The maximum atomic E-state index is 12.1. The molecule has 0 spiro atoms. The van der Waals surface area contributed by atoms with Crippen LogP contribution in [0.4, 0.5) is 0 Å². The Morgan fingerprint density at radius 2 is 2.42 bits per heavy atom. The molecule has 0 aliphatic carbocycles. The molecule has 0 bridgehead atoms. The molecule has 0 saturated carbocycles. The number of carbonyl (C=O) groups is 1. The van der Waals surface area contributed by atoms with Crippen molar-refractivity contribution < 1.29 is 9.90 Å². The molecular weight excluding hydrogens is 260 g/mol. The number of thioether (sulfide) groups is 1. The lowest BCUT2D eigenvalue weighted by molar-refractivity contribution is -0.130. The van der Waals surface area contributed by atoms with E-state index in [1.54, 1.807) is 18.0 Å². The molecule has 1 N–H and O–H groups in total. The molecule has 1 atom stereocenters. The molecule has 1 fully saturated rings. The normalized spacial score (nSPS) is 19.4. The Hall–Kier alpha value is -1.07. The number of aliphatic hydroxyl groups excluding tert-OH is 1. The van der Waals surface area contributed by atoms with E-state index >= 15 is 0 Å². The van der Waals surface area contributed by atoms with Crippen molar-refractivity contribution in [2.24, 2.45) is 5.92 Å². The zero-order valence-electron chi connectivity index (χ0n) is 11.0. The van der Waals surface area contributed by atoms with E-state index in [-0.39, 0.29) is 18.4 Å². The van der Waals surface area contributed by atoms with Gasteiger partial charge in [0.2, 0.25) is 5.91 Å². The first kappa shape index (κ1) is 14.3. The van der Waals surface area contributed by atoms with Gasteiger partial charge in [0, 0.05) is 31.6 Å². The van der Waals surface area contributed by atoms with Gasteiger partial charge in [-0.3, -0.25) is 9.78 Å². The SMILES string of the molecule is O=C(CSCc1ccccn1)N1CCCC(CO)C1. The predicted octanol–water partition coefficient (Wildman–Crippen LogP) is 1.55. The minimum absolute atomic E-state index is 0.180. The van der Waals surface area contributed by atoms with Crippen LogP contribution in [0.15, 0.2) is 24.4 Å². The van der Waals surface area contributed by atoms with Crippen molar-refractivity contribution in [3.8, 4) is 0 Å². The van der Waals surface area contributed by atoms with Gasteiger partial charge < -0.3 is 10.0 Å². The Labute approximate surface area is 118 Å². The summed E-state index contributed by atoms with van der Waals surface area (Å²) in [7, 11) is 0. The topological polar surface area (TPSA) is 53.4 Å². The largest absolute Gasteiger partial charge is 0.396 e. The number of aliphatic hydroxyl groups is 1. The number of likely N-dealkylation sites (tertiary alicyclic amines) is 1. The quantitative estimate of drug-likeness (QED) is 0.889. The van der Waals surface area contributed by atoms with Gasteiger partial charge >= 0.3 is 0 Å². The van der Waals surface area contributed by atoms with Crippen molar-refractivity contribution in [1.82, 2.24) is 9.88 Å². The Kier molecular flexibility index (Phi) is 5.66. The summed E-state index contributed by atoms with van der Waals surface area (Å²) in [5.74, 6) is 1.70. The van der Waals surface area contributed by atoms with Gasteiger partial charge in [0.1, 0.15) is 0 Å². The first-order valence-corrected chi connectivity index (χ1v) is 7.81. The fraction of sp³-hybridized carbons (Fsp3) is 0.571. The van der Waals surface area contributed by atoms with Crippen molar-refractivity contribution >= 4 is 17.7 Å². The predicted molar refractivity (Wildman–Crippen MR) is 76.8 cm³/mol. The van der Waals surface area contributed by atoms with Crippen LogP contribution in [0, 0.1) is 5.92 Å². The maximum Gasteiger partial charge on any atom is 0.232 e. The van der Waals surface area contributed by atoms with Gasteiger partial charge in [-0.05, 0) is 30.9 Å². The van der Waals surface area contributed by atoms with Crippen LogP contribution in [0.25, 0.3) is 0 Å². The van der Waals surface area contributed by atoms with E-state index in [4.69, 9.17) is 5.11 Å². The maximum absolute atomic E-state index is 12.1. The van der Waals surface area contributed by atoms with Gasteiger partial charge in [-0.25, -0.2) is 0 Å². The molecule has 104 valence electrons. The summed E-state index contributed by atoms with van der Waals surface area (Å²) in [5.41, 5.74) is 1.01.